The molecule has 7 nitrogen and oxygen atoms in total. The van der Waals surface area contributed by atoms with Gasteiger partial charge in [-0.25, -0.2) is 0 Å². The maximum absolute atomic E-state index is 13.4. The summed E-state index contributed by atoms with van der Waals surface area (Å²) >= 11 is 0. The highest BCUT2D eigenvalue weighted by atomic mass is 19.4. The number of hydrogen-bond donors (Lipinski definition) is 2. The van der Waals surface area contributed by atoms with Gasteiger partial charge in [0, 0.05) is 40.5 Å². The number of alkyl halides is 3. The summed E-state index contributed by atoms with van der Waals surface area (Å²) in [4.78, 5) is 29.0. The van der Waals surface area contributed by atoms with Gasteiger partial charge in [-0.1, -0.05) is 19.3 Å². The SMILES string of the molecule is COc1ccc2[nH]c(C(=O)C3CCCCC(Cn4cc5c(C)c(C(=O)NCC(F)(F)F)ccc5n4)CCC3)cc2c1. The molecule has 2 N–H and O–H groups in total. The molecule has 2 aromatic carbocycles. The van der Waals surface area contributed by atoms with E-state index in [1.54, 1.807) is 20.1 Å². The number of H-pyrrole nitrogens is 1. The number of nitrogens with zero attached hydrogens (tertiary/aromatic N) is 2. The van der Waals surface area contributed by atoms with Crippen LogP contribution in [0.5, 0.6) is 5.75 Å². The Morgan fingerprint density at radius 1 is 1.07 bits per heavy atom. The van der Waals surface area contributed by atoms with Gasteiger partial charge in [0.1, 0.15) is 12.3 Å². The van der Waals surface area contributed by atoms with Crippen molar-refractivity contribution in [3.8, 4) is 5.75 Å². The van der Waals surface area contributed by atoms with E-state index in [9.17, 15) is 22.8 Å². The summed E-state index contributed by atoms with van der Waals surface area (Å²) in [5, 5.41) is 8.35. The van der Waals surface area contributed by atoms with E-state index in [2.05, 4.69) is 10.1 Å². The second-order valence-electron chi connectivity index (χ2n) is 11.1. The highest BCUT2D eigenvalue weighted by Crippen LogP contribution is 2.30. The molecule has 1 aliphatic carbocycles. The number of nitrogens with one attached hydrogen (secondary N) is 2. The predicted molar refractivity (Wildman–Crippen MR) is 151 cm³/mol. The summed E-state index contributed by atoms with van der Waals surface area (Å²) < 4.78 is 44.8. The van der Waals surface area contributed by atoms with Crippen molar-refractivity contribution in [3.63, 3.8) is 0 Å². The smallest absolute Gasteiger partial charge is 0.405 e. The van der Waals surface area contributed by atoms with Gasteiger partial charge in [0.05, 0.1) is 18.3 Å². The van der Waals surface area contributed by atoms with Crippen LogP contribution in [-0.4, -0.2) is 46.3 Å². The van der Waals surface area contributed by atoms with Gasteiger partial charge in [0.2, 0.25) is 0 Å². The molecule has 1 fully saturated rings. The number of aryl methyl sites for hydroxylation is 1. The average molecular weight is 569 g/mol. The van der Waals surface area contributed by atoms with E-state index >= 15 is 0 Å². The summed E-state index contributed by atoms with van der Waals surface area (Å²) in [6, 6.07) is 10.9. The van der Waals surface area contributed by atoms with Crippen LogP contribution in [0.3, 0.4) is 0 Å². The van der Waals surface area contributed by atoms with Crippen molar-refractivity contribution in [2.75, 3.05) is 13.7 Å². The van der Waals surface area contributed by atoms with Gasteiger partial charge in [-0.3, -0.25) is 14.3 Å². The second-order valence-corrected chi connectivity index (χ2v) is 11.1. The number of amides is 1. The average Bonchev–Trinajstić information content (AvgIpc) is 3.58. The van der Waals surface area contributed by atoms with Crippen LogP contribution in [0.15, 0.2) is 42.6 Å². The number of Topliss-reactive ketones (excluding diaryl/α,β-unsaturated/α-hetero) is 1. The van der Waals surface area contributed by atoms with Crippen LogP contribution in [0.1, 0.15) is 71.4 Å². The lowest BCUT2D eigenvalue weighted by molar-refractivity contribution is -0.123. The molecule has 1 saturated carbocycles. The summed E-state index contributed by atoms with van der Waals surface area (Å²) in [6.07, 6.45) is 4.10. The zero-order valence-electron chi connectivity index (χ0n) is 23.3. The third-order valence-corrected chi connectivity index (χ3v) is 8.19. The molecule has 0 saturated heterocycles. The fourth-order valence-electron chi connectivity index (χ4n) is 5.96. The molecule has 0 spiro atoms. The summed E-state index contributed by atoms with van der Waals surface area (Å²) in [5.74, 6) is 0.565. The van der Waals surface area contributed by atoms with Crippen molar-refractivity contribution >= 4 is 33.5 Å². The molecular weight excluding hydrogens is 533 g/mol. The highest BCUT2D eigenvalue weighted by molar-refractivity contribution is 6.01. The molecule has 0 radical (unpaired) electrons. The van der Waals surface area contributed by atoms with Crippen molar-refractivity contribution in [1.29, 1.82) is 0 Å². The van der Waals surface area contributed by atoms with E-state index < -0.39 is 18.6 Å². The summed E-state index contributed by atoms with van der Waals surface area (Å²) in [6.45, 7) is 1.08. The Kier molecular flexibility index (Phi) is 8.37. The minimum Gasteiger partial charge on any atom is -0.497 e. The fourth-order valence-corrected chi connectivity index (χ4v) is 5.96. The molecule has 2 unspecified atom stereocenters. The molecule has 2 aromatic heterocycles. The lowest BCUT2D eigenvalue weighted by atomic mass is 9.91. The van der Waals surface area contributed by atoms with E-state index in [-0.39, 0.29) is 17.3 Å². The maximum Gasteiger partial charge on any atom is 0.405 e. The molecule has 2 heterocycles. The normalized spacial score (nSPS) is 18.6. The Morgan fingerprint density at radius 2 is 1.83 bits per heavy atom. The number of ether oxygens (including phenoxy) is 1. The zero-order chi connectivity index (χ0) is 29.1. The second kappa shape index (κ2) is 12.0. The van der Waals surface area contributed by atoms with Crippen LogP contribution in [0.4, 0.5) is 13.2 Å². The molecule has 218 valence electrons. The lowest BCUT2D eigenvalue weighted by Crippen LogP contribution is -2.34. The van der Waals surface area contributed by atoms with E-state index in [1.165, 1.54) is 6.07 Å². The van der Waals surface area contributed by atoms with Crippen LogP contribution >= 0.6 is 0 Å². The first-order valence-corrected chi connectivity index (χ1v) is 14.1. The molecule has 5 rings (SSSR count). The number of aromatic nitrogens is 3. The van der Waals surface area contributed by atoms with Gasteiger partial charge in [0.25, 0.3) is 5.91 Å². The van der Waals surface area contributed by atoms with E-state index in [0.717, 1.165) is 67.0 Å². The number of benzene rings is 2. The number of rotatable bonds is 7. The molecule has 41 heavy (non-hydrogen) atoms. The first-order chi connectivity index (χ1) is 19.6. The van der Waals surface area contributed by atoms with Gasteiger partial charge in [-0.2, -0.15) is 18.3 Å². The molecule has 0 bridgehead atoms. The monoisotopic (exact) mass is 568 g/mol. The minimum absolute atomic E-state index is 0.0134. The van der Waals surface area contributed by atoms with Gasteiger partial charge in [0.15, 0.2) is 5.78 Å². The highest BCUT2D eigenvalue weighted by Gasteiger charge is 2.28. The van der Waals surface area contributed by atoms with E-state index in [1.807, 2.05) is 40.5 Å². The Labute approximate surface area is 236 Å². The molecule has 1 amide bonds. The number of ketones is 1. The standard InChI is InChI=1S/C31H35F3N4O3/c1-19-24(30(40)35-18-31(32,33)34)11-13-27-25(19)17-38(37-27)16-20-6-3-4-8-21(9-5-7-20)29(39)28-15-22-14-23(41-2)10-12-26(22)36-28/h10-15,17,20-21,36H,3-9,16,18H2,1-2H3,(H,35,40). The largest absolute Gasteiger partial charge is 0.497 e. The number of halogens is 3. The van der Waals surface area contributed by atoms with E-state index in [4.69, 9.17) is 4.74 Å². The fraction of sp³-hybridized carbons (Fsp3) is 0.452. The molecular formula is C31H35F3N4O3. The molecule has 1 aliphatic rings. The zero-order valence-corrected chi connectivity index (χ0v) is 23.3. The summed E-state index contributed by atoms with van der Waals surface area (Å²) in [7, 11) is 1.63. The topological polar surface area (TPSA) is 89.0 Å². The van der Waals surface area contributed by atoms with Crippen LogP contribution in [0, 0.1) is 18.8 Å². The van der Waals surface area contributed by atoms with Gasteiger partial charge < -0.3 is 15.0 Å². The van der Waals surface area contributed by atoms with Gasteiger partial charge in [-0.05, 0) is 80.5 Å². The first kappa shape index (κ1) is 28.7. The maximum atomic E-state index is 13.4. The lowest BCUT2D eigenvalue weighted by Gasteiger charge is -2.16. The van der Waals surface area contributed by atoms with Crippen molar-refractivity contribution in [2.24, 2.45) is 11.8 Å². The Morgan fingerprint density at radius 3 is 2.61 bits per heavy atom. The van der Waals surface area contributed by atoms with E-state index in [0.29, 0.717) is 29.2 Å². The molecule has 4 aromatic rings. The molecule has 0 aliphatic heterocycles. The molecule has 10 heteroatoms. The third kappa shape index (κ3) is 6.74. The van der Waals surface area contributed by atoms with Gasteiger partial charge >= 0.3 is 6.18 Å². The Hall–Kier alpha value is -3.82. The number of carbonyl (C=O) groups is 2. The quantitative estimate of drug-likeness (QED) is 0.235. The number of methoxy groups -OCH3 is 1. The predicted octanol–water partition coefficient (Wildman–Crippen LogP) is 6.99. The number of carbonyl (C=O) groups excluding carboxylic acids is 2. The molecule has 2 atom stereocenters. The van der Waals surface area contributed by atoms with Crippen LogP contribution in [0.25, 0.3) is 21.8 Å². The van der Waals surface area contributed by atoms with Crippen molar-refractivity contribution in [3.05, 3.63) is 59.4 Å². The Bertz CT molecular complexity index is 1560. The van der Waals surface area contributed by atoms with Gasteiger partial charge in [-0.15, -0.1) is 0 Å². The van der Waals surface area contributed by atoms with Crippen LogP contribution in [-0.2, 0) is 6.54 Å². The minimum atomic E-state index is -4.46. The van der Waals surface area contributed by atoms with Crippen LogP contribution in [0.2, 0.25) is 0 Å². The Balaban J connectivity index is 1.22. The first-order valence-electron chi connectivity index (χ1n) is 14.1. The van der Waals surface area contributed by atoms with Crippen LogP contribution < -0.4 is 10.1 Å². The van der Waals surface area contributed by atoms with Crippen molar-refractivity contribution in [2.45, 2.75) is 64.6 Å². The summed E-state index contributed by atoms with van der Waals surface area (Å²) in [5.41, 5.74) is 3.11. The number of hydrogen-bond acceptors (Lipinski definition) is 4. The number of aromatic amines is 1. The van der Waals surface area contributed by atoms with Crippen molar-refractivity contribution in [1.82, 2.24) is 20.1 Å². The third-order valence-electron chi connectivity index (χ3n) is 8.19. The van der Waals surface area contributed by atoms with Crippen molar-refractivity contribution < 1.29 is 27.5 Å². The number of fused-ring (bicyclic) bond motifs is 2.